The molecule has 0 saturated carbocycles. The molecule has 0 unspecified atom stereocenters. The van der Waals surface area contributed by atoms with Crippen LogP contribution in [-0.4, -0.2) is 36.3 Å². The number of aryl methyl sites for hydroxylation is 2. The van der Waals surface area contributed by atoms with Gasteiger partial charge < -0.3 is 14.6 Å². The molecule has 1 aliphatic heterocycles. The lowest BCUT2D eigenvalue weighted by Gasteiger charge is -2.20. The molecule has 2 aromatic rings. The monoisotopic (exact) mass is 356 g/mol. The number of nitrogens with zero attached hydrogens (tertiary/aromatic N) is 1. The van der Waals surface area contributed by atoms with E-state index in [2.05, 4.69) is 25.2 Å². The molecule has 0 spiro atoms. The molecule has 5 nitrogen and oxygen atoms in total. The van der Waals surface area contributed by atoms with E-state index in [1.807, 2.05) is 11.0 Å². The van der Waals surface area contributed by atoms with E-state index in [1.165, 1.54) is 11.1 Å². The molecule has 1 aromatic carbocycles. The molecular formula is C21H28N2O3. The number of furan rings is 1. The van der Waals surface area contributed by atoms with Crippen LogP contribution >= 0.6 is 0 Å². The van der Waals surface area contributed by atoms with Crippen molar-refractivity contribution in [3.8, 4) is 0 Å². The normalized spacial score (nSPS) is 15.3. The Morgan fingerprint density at radius 3 is 2.85 bits per heavy atom. The van der Waals surface area contributed by atoms with Gasteiger partial charge in [0.2, 0.25) is 11.8 Å². The van der Waals surface area contributed by atoms with Crippen molar-refractivity contribution < 1.29 is 14.0 Å². The highest BCUT2D eigenvalue weighted by molar-refractivity contribution is 5.88. The molecule has 1 saturated heterocycles. The van der Waals surface area contributed by atoms with Gasteiger partial charge in [0, 0.05) is 37.0 Å². The van der Waals surface area contributed by atoms with E-state index >= 15 is 0 Å². The number of carbonyl (C=O) groups is 2. The number of benzene rings is 1. The van der Waals surface area contributed by atoms with E-state index in [0.717, 1.165) is 55.3 Å². The fraction of sp³-hybridized carbons (Fsp3) is 0.524. The number of amides is 2. The summed E-state index contributed by atoms with van der Waals surface area (Å²) in [5, 5.41) is 3.98. The molecule has 1 N–H and O–H groups in total. The molecule has 1 fully saturated rings. The molecule has 0 bridgehead atoms. The average Bonchev–Trinajstić information content (AvgIpc) is 2.85. The summed E-state index contributed by atoms with van der Waals surface area (Å²) in [4.78, 5) is 26.1. The van der Waals surface area contributed by atoms with Crippen molar-refractivity contribution in [3.63, 3.8) is 0 Å². The van der Waals surface area contributed by atoms with E-state index < -0.39 is 0 Å². The minimum atomic E-state index is -0.00637. The fourth-order valence-electron chi connectivity index (χ4n) is 3.48. The van der Waals surface area contributed by atoms with Gasteiger partial charge in [-0.25, -0.2) is 0 Å². The summed E-state index contributed by atoms with van der Waals surface area (Å²) in [6, 6.07) is 4.10. The Labute approximate surface area is 154 Å². The first-order valence-electron chi connectivity index (χ1n) is 9.56. The third-order valence-corrected chi connectivity index (χ3v) is 5.22. The predicted octanol–water partition coefficient (Wildman–Crippen LogP) is 3.50. The second kappa shape index (κ2) is 8.39. The Bertz CT molecular complexity index is 794. The second-order valence-electron chi connectivity index (χ2n) is 7.27. The molecule has 3 rings (SSSR count). The minimum absolute atomic E-state index is 0.00637. The minimum Gasteiger partial charge on any atom is -0.464 e. The largest absolute Gasteiger partial charge is 0.464 e. The zero-order valence-electron chi connectivity index (χ0n) is 15.8. The van der Waals surface area contributed by atoms with Crippen molar-refractivity contribution in [2.45, 2.75) is 52.4 Å². The van der Waals surface area contributed by atoms with Crippen LogP contribution in [0.1, 0.15) is 48.8 Å². The third kappa shape index (κ3) is 4.45. The topological polar surface area (TPSA) is 62.6 Å². The van der Waals surface area contributed by atoms with E-state index in [1.54, 1.807) is 6.26 Å². The number of likely N-dealkylation sites (tertiary alicyclic amines) is 1. The van der Waals surface area contributed by atoms with Gasteiger partial charge in [-0.1, -0.05) is 6.42 Å². The van der Waals surface area contributed by atoms with Crippen LogP contribution in [0.2, 0.25) is 0 Å². The van der Waals surface area contributed by atoms with Crippen LogP contribution in [0.15, 0.2) is 22.8 Å². The van der Waals surface area contributed by atoms with Crippen molar-refractivity contribution in [1.82, 2.24) is 10.2 Å². The van der Waals surface area contributed by atoms with Crippen LogP contribution in [-0.2, 0) is 16.0 Å². The first kappa shape index (κ1) is 18.5. The Kier molecular flexibility index (Phi) is 5.96. The fourth-order valence-corrected chi connectivity index (χ4v) is 3.48. The molecule has 140 valence electrons. The van der Waals surface area contributed by atoms with Crippen LogP contribution in [0, 0.1) is 13.8 Å². The van der Waals surface area contributed by atoms with Crippen molar-refractivity contribution in [1.29, 1.82) is 0 Å². The average molecular weight is 356 g/mol. The maximum absolute atomic E-state index is 12.2. The van der Waals surface area contributed by atoms with Crippen LogP contribution in [0.5, 0.6) is 0 Å². The zero-order valence-corrected chi connectivity index (χ0v) is 15.8. The Morgan fingerprint density at radius 2 is 2.00 bits per heavy atom. The van der Waals surface area contributed by atoms with Crippen molar-refractivity contribution in [2.24, 2.45) is 0 Å². The summed E-state index contributed by atoms with van der Waals surface area (Å²) in [5.74, 6) is 0.248. The second-order valence-corrected chi connectivity index (χ2v) is 7.27. The number of hydrogen-bond acceptors (Lipinski definition) is 3. The number of nitrogens with one attached hydrogen (secondary N) is 1. The summed E-state index contributed by atoms with van der Waals surface area (Å²) in [5.41, 5.74) is 4.13. The molecule has 1 aromatic heterocycles. The molecule has 0 atom stereocenters. The third-order valence-electron chi connectivity index (χ3n) is 5.22. The van der Waals surface area contributed by atoms with Gasteiger partial charge in [-0.15, -0.1) is 0 Å². The van der Waals surface area contributed by atoms with Crippen molar-refractivity contribution >= 4 is 22.8 Å². The van der Waals surface area contributed by atoms with Crippen LogP contribution in [0.25, 0.3) is 11.0 Å². The van der Waals surface area contributed by atoms with E-state index in [0.29, 0.717) is 19.4 Å². The highest BCUT2D eigenvalue weighted by Gasteiger charge is 2.16. The highest BCUT2D eigenvalue weighted by atomic mass is 16.3. The maximum Gasteiger partial charge on any atom is 0.224 e. The van der Waals surface area contributed by atoms with E-state index in [9.17, 15) is 9.59 Å². The molecular weight excluding hydrogens is 328 g/mol. The van der Waals surface area contributed by atoms with Gasteiger partial charge in [-0.05, 0) is 56.4 Å². The lowest BCUT2D eigenvalue weighted by molar-refractivity contribution is -0.130. The van der Waals surface area contributed by atoms with Gasteiger partial charge in [0.1, 0.15) is 5.58 Å². The molecule has 0 aliphatic carbocycles. The molecule has 26 heavy (non-hydrogen) atoms. The van der Waals surface area contributed by atoms with Gasteiger partial charge in [-0.2, -0.15) is 0 Å². The highest BCUT2D eigenvalue weighted by Crippen LogP contribution is 2.25. The number of rotatable bonds is 6. The van der Waals surface area contributed by atoms with Crippen LogP contribution < -0.4 is 5.32 Å². The maximum atomic E-state index is 12.2. The molecule has 0 radical (unpaired) electrons. The Hall–Kier alpha value is -2.30. The molecule has 1 aliphatic rings. The van der Waals surface area contributed by atoms with Crippen molar-refractivity contribution in [2.75, 3.05) is 19.6 Å². The lowest BCUT2D eigenvalue weighted by atomic mass is 10.0. The predicted molar refractivity (Wildman–Crippen MR) is 102 cm³/mol. The van der Waals surface area contributed by atoms with Gasteiger partial charge in [-0.3, -0.25) is 9.59 Å². The number of fused-ring (bicyclic) bond motifs is 1. The summed E-state index contributed by atoms with van der Waals surface area (Å²) in [6.45, 7) is 6.30. The summed E-state index contributed by atoms with van der Waals surface area (Å²) in [7, 11) is 0. The summed E-state index contributed by atoms with van der Waals surface area (Å²) in [6.07, 6.45) is 6.68. The lowest BCUT2D eigenvalue weighted by Crippen LogP contribution is -2.34. The van der Waals surface area contributed by atoms with E-state index in [4.69, 9.17) is 4.42 Å². The van der Waals surface area contributed by atoms with Gasteiger partial charge in [0.05, 0.1) is 12.7 Å². The van der Waals surface area contributed by atoms with Crippen LogP contribution in [0.3, 0.4) is 0 Å². The molecule has 2 amide bonds. The van der Waals surface area contributed by atoms with Gasteiger partial charge in [0.15, 0.2) is 0 Å². The van der Waals surface area contributed by atoms with E-state index in [-0.39, 0.29) is 11.8 Å². The summed E-state index contributed by atoms with van der Waals surface area (Å²) >= 11 is 0. The Morgan fingerprint density at radius 1 is 1.19 bits per heavy atom. The standard InChI is InChI=1S/C21H28N2O3/c1-15-11-18-17(14-26-19(18)12-16(15)2)13-20(24)22-8-6-10-23-9-5-3-4-7-21(23)25/h11-12,14H,3-10,13H2,1-2H3,(H,22,24). The first-order chi connectivity index (χ1) is 12.5. The molecule has 5 heteroatoms. The smallest absolute Gasteiger partial charge is 0.224 e. The SMILES string of the molecule is Cc1cc2occ(CC(=O)NCCCN3CCCCCC3=O)c2cc1C. The first-order valence-corrected chi connectivity index (χ1v) is 9.56. The Balaban J connectivity index is 1.47. The summed E-state index contributed by atoms with van der Waals surface area (Å²) < 4.78 is 5.59. The quantitative estimate of drug-likeness (QED) is 0.806. The zero-order chi connectivity index (χ0) is 18.5. The van der Waals surface area contributed by atoms with Gasteiger partial charge in [0.25, 0.3) is 0 Å². The number of carbonyl (C=O) groups excluding carboxylic acids is 2. The number of hydrogen-bond donors (Lipinski definition) is 1. The van der Waals surface area contributed by atoms with Crippen LogP contribution in [0.4, 0.5) is 0 Å². The molecule has 2 heterocycles. The van der Waals surface area contributed by atoms with Gasteiger partial charge >= 0.3 is 0 Å². The van der Waals surface area contributed by atoms with Crippen molar-refractivity contribution in [3.05, 3.63) is 35.1 Å².